The van der Waals surface area contributed by atoms with Crippen LogP contribution in [0.2, 0.25) is 5.02 Å². The molecule has 0 spiro atoms. The predicted octanol–water partition coefficient (Wildman–Crippen LogP) is 2.60. The maximum Gasteiger partial charge on any atom is 0.339 e. The summed E-state index contributed by atoms with van der Waals surface area (Å²) in [6.07, 6.45) is 3.57. The summed E-state index contributed by atoms with van der Waals surface area (Å²) in [5.41, 5.74) is 0.199. The zero-order chi connectivity index (χ0) is 18.8. The number of furan rings is 1. The Balaban J connectivity index is 1.78. The SMILES string of the molecule is Cc1oc(CN(C)C(=O)c2nc(N3CCCC3)ncc2Cl)cc1C(=O)O. The van der Waals surface area contributed by atoms with Crippen LogP contribution in [-0.4, -0.2) is 52.0 Å². The molecule has 0 aliphatic carbocycles. The molecule has 26 heavy (non-hydrogen) atoms. The number of halogens is 1. The first-order valence-electron chi connectivity index (χ1n) is 8.22. The lowest BCUT2D eigenvalue weighted by Crippen LogP contribution is -2.28. The molecule has 8 nitrogen and oxygen atoms in total. The van der Waals surface area contributed by atoms with E-state index in [1.165, 1.54) is 17.2 Å². The van der Waals surface area contributed by atoms with E-state index in [-0.39, 0.29) is 28.7 Å². The number of carboxylic acids is 1. The fraction of sp³-hybridized carbons (Fsp3) is 0.412. The number of aromatic nitrogens is 2. The summed E-state index contributed by atoms with van der Waals surface area (Å²) < 4.78 is 5.42. The maximum atomic E-state index is 12.7. The fourth-order valence-electron chi connectivity index (χ4n) is 2.90. The van der Waals surface area contributed by atoms with Gasteiger partial charge in [-0.1, -0.05) is 11.6 Å². The third-order valence-corrected chi connectivity index (χ3v) is 4.54. The van der Waals surface area contributed by atoms with Crippen LogP contribution in [0, 0.1) is 6.92 Å². The zero-order valence-corrected chi connectivity index (χ0v) is 15.3. The Labute approximate surface area is 155 Å². The molecule has 2 aromatic heterocycles. The number of rotatable bonds is 5. The van der Waals surface area contributed by atoms with Crippen molar-refractivity contribution in [2.75, 3.05) is 25.0 Å². The molecule has 1 amide bonds. The maximum absolute atomic E-state index is 12.7. The highest BCUT2D eigenvalue weighted by Gasteiger charge is 2.23. The number of nitrogens with zero attached hydrogens (tertiary/aromatic N) is 4. The quantitative estimate of drug-likeness (QED) is 0.853. The number of aromatic carboxylic acids is 1. The average molecular weight is 379 g/mol. The molecule has 3 rings (SSSR count). The van der Waals surface area contributed by atoms with E-state index in [9.17, 15) is 9.59 Å². The Morgan fingerprint density at radius 2 is 2.08 bits per heavy atom. The minimum Gasteiger partial charge on any atom is -0.478 e. The summed E-state index contributed by atoms with van der Waals surface area (Å²) in [6.45, 7) is 3.38. The van der Waals surface area contributed by atoms with Gasteiger partial charge in [0, 0.05) is 20.1 Å². The van der Waals surface area contributed by atoms with Gasteiger partial charge in [-0.2, -0.15) is 0 Å². The van der Waals surface area contributed by atoms with Gasteiger partial charge >= 0.3 is 5.97 Å². The summed E-state index contributed by atoms with van der Waals surface area (Å²) in [7, 11) is 1.58. The number of hydrogen-bond donors (Lipinski definition) is 1. The van der Waals surface area contributed by atoms with Crippen molar-refractivity contribution in [3.8, 4) is 0 Å². The molecule has 2 aromatic rings. The van der Waals surface area contributed by atoms with Crippen LogP contribution in [-0.2, 0) is 6.54 Å². The first-order chi connectivity index (χ1) is 12.4. The van der Waals surface area contributed by atoms with Crippen molar-refractivity contribution < 1.29 is 19.1 Å². The van der Waals surface area contributed by atoms with Gasteiger partial charge in [0.1, 0.15) is 17.1 Å². The Morgan fingerprint density at radius 3 is 2.69 bits per heavy atom. The van der Waals surface area contributed by atoms with Crippen LogP contribution in [0.5, 0.6) is 0 Å². The molecule has 0 bridgehead atoms. The molecule has 1 fully saturated rings. The van der Waals surface area contributed by atoms with Gasteiger partial charge in [-0.15, -0.1) is 0 Å². The highest BCUT2D eigenvalue weighted by atomic mass is 35.5. The zero-order valence-electron chi connectivity index (χ0n) is 14.5. The largest absolute Gasteiger partial charge is 0.478 e. The molecule has 138 valence electrons. The van der Waals surface area contributed by atoms with Gasteiger partial charge in [0.15, 0.2) is 5.69 Å². The summed E-state index contributed by atoms with van der Waals surface area (Å²) >= 11 is 6.12. The molecular weight excluding hydrogens is 360 g/mol. The van der Waals surface area contributed by atoms with Gasteiger partial charge in [0.05, 0.1) is 17.8 Å². The Hall–Kier alpha value is -2.61. The van der Waals surface area contributed by atoms with Gasteiger partial charge in [0.2, 0.25) is 5.95 Å². The molecule has 0 radical (unpaired) electrons. The lowest BCUT2D eigenvalue weighted by atomic mass is 10.2. The molecule has 1 N–H and O–H groups in total. The fourth-order valence-corrected chi connectivity index (χ4v) is 3.07. The van der Waals surface area contributed by atoms with Gasteiger partial charge in [0.25, 0.3) is 5.91 Å². The number of carbonyl (C=O) groups excluding carboxylic acids is 1. The lowest BCUT2D eigenvalue weighted by Gasteiger charge is -2.19. The van der Waals surface area contributed by atoms with Gasteiger partial charge < -0.3 is 19.3 Å². The first-order valence-corrected chi connectivity index (χ1v) is 8.60. The molecule has 9 heteroatoms. The molecule has 0 saturated carbocycles. The van der Waals surface area contributed by atoms with Crippen LogP contribution in [0.3, 0.4) is 0 Å². The van der Waals surface area contributed by atoms with E-state index in [4.69, 9.17) is 21.1 Å². The van der Waals surface area contributed by atoms with Crippen LogP contribution in [0.1, 0.15) is 45.2 Å². The molecule has 0 aromatic carbocycles. The highest BCUT2D eigenvalue weighted by Crippen LogP contribution is 2.22. The van der Waals surface area contributed by atoms with Crippen molar-refractivity contribution in [3.05, 3.63) is 40.1 Å². The summed E-state index contributed by atoms with van der Waals surface area (Å²) in [6, 6.07) is 1.42. The first kappa shape index (κ1) is 18.2. The van der Waals surface area contributed by atoms with Crippen molar-refractivity contribution in [3.63, 3.8) is 0 Å². The standard InChI is InChI=1S/C17H19ClN4O4/c1-10-12(16(24)25)7-11(26-10)9-21(2)15(23)14-13(18)8-19-17(20-14)22-5-3-4-6-22/h7-8H,3-6,9H2,1-2H3,(H,24,25). The van der Waals surface area contributed by atoms with Crippen LogP contribution < -0.4 is 4.90 Å². The van der Waals surface area contributed by atoms with Crippen molar-refractivity contribution in [1.29, 1.82) is 0 Å². The van der Waals surface area contributed by atoms with Crippen molar-refractivity contribution in [1.82, 2.24) is 14.9 Å². The van der Waals surface area contributed by atoms with E-state index in [1.54, 1.807) is 14.0 Å². The van der Waals surface area contributed by atoms with Crippen molar-refractivity contribution >= 4 is 29.4 Å². The molecule has 0 atom stereocenters. The topological polar surface area (TPSA) is 99.8 Å². The number of aryl methyl sites for hydroxylation is 1. The average Bonchev–Trinajstić information content (AvgIpc) is 3.24. The Kier molecular flexibility index (Phi) is 5.13. The van der Waals surface area contributed by atoms with E-state index in [1.807, 2.05) is 4.90 Å². The number of carbonyl (C=O) groups is 2. The van der Waals surface area contributed by atoms with Gasteiger partial charge in [-0.3, -0.25) is 4.79 Å². The van der Waals surface area contributed by atoms with Crippen molar-refractivity contribution in [2.24, 2.45) is 0 Å². The Bertz CT molecular complexity index is 845. The molecule has 0 unspecified atom stereocenters. The van der Waals surface area contributed by atoms with Gasteiger partial charge in [-0.05, 0) is 25.8 Å². The summed E-state index contributed by atoms with van der Waals surface area (Å²) in [5, 5.41) is 9.26. The summed E-state index contributed by atoms with van der Waals surface area (Å²) in [4.78, 5) is 35.8. The number of carboxylic acid groups (broad SMARTS) is 1. The number of anilines is 1. The molecule has 1 aliphatic rings. The monoisotopic (exact) mass is 378 g/mol. The van der Waals surface area contributed by atoms with E-state index >= 15 is 0 Å². The van der Waals surface area contributed by atoms with Crippen LogP contribution in [0.25, 0.3) is 0 Å². The van der Waals surface area contributed by atoms with Crippen LogP contribution in [0.15, 0.2) is 16.7 Å². The van der Waals surface area contributed by atoms with E-state index in [0.29, 0.717) is 17.5 Å². The van der Waals surface area contributed by atoms with E-state index in [0.717, 1.165) is 25.9 Å². The summed E-state index contributed by atoms with van der Waals surface area (Å²) in [5.74, 6) is -0.291. The second-order valence-corrected chi connectivity index (χ2v) is 6.62. The van der Waals surface area contributed by atoms with Crippen LogP contribution >= 0.6 is 11.6 Å². The minimum absolute atomic E-state index is 0.0808. The number of amides is 1. The number of hydrogen-bond acceptors (Lipinski definition) is 6. The molecule has 1 saturated heterocycles. The lowest BCUT2D eigenvalue weighted by molar-refractivity contribution is 0.0694. The molecular formula is C17H19ClN4O4. The molecule has 1 aliphatic heterocycles. The second-order valence-electron chi connectivity index (χ2n) is 6.21. The van der Waals surface area contributed by atoms with E-state index < -0.39 is 5.97 Å². The predicted molar refractivity (Wildman–Crippen MR) is 94.7 cm³/mol. The van der Waals surface area contributed by atoms with Gasteiger partial charge in [-0.25, -0.2) is 14.8 Å². The Morgan fingerprint density at radius 1 is 1.38 bits per heavy atom. The van der Waals surface area contributed by atoms with E-state index in [2.05, 4.69) is 9.97 Å². The highest BCUT2D eigenvalue weighted by molar-refractivity contribution is 6.33. The normalized spacial score (nSPS) is 13.9. The minimum atomic E-state index is -1.07. The smallest absolute Gasteiger partial charge is 0.339 e. The van der Waals surface area contributed by atoms with Crippen molar-refractivity contribution in [2.45, 2.75) is 26.3 Å². The third-order valence-electron chi connectivity index (χ3n) is 4.26. The van der Waals surface area contributed by atoms with Crippen LogP contribution in [0.4, 0.5) is 5.95 Å². The molecule has 3 heterocycles. The third kappa shape index (κ3) is 3.65. The second kappa shape index (κ2) is 7.33.